The van der Waals surface area contributed by atoms with Crippen molar-refractivity contribution in [2.75, 3.05) is 12.4 Å². The number of rotatable bonds is 6. The molecule has 4 rings (SSSR count). The van der Waals surface area contributed by atoms with Crippen molar-refractivity contribution in [3.8, 4) is 5.75 Å². The fourth-order valence-electron chi connectivity index (χ4n) is 3.59. The second-order valence-corrected chi connectivity index (χ2v) is 8.75. The van der Waals surface area contributed by atoms with Crippen LogP contribution in [-0.4, -0.2) is 23.9 Å². The zero-order chi connectivity index (χ0) is 21.8. The first-order valence-corrected chi connectivity index (χ1v) is 11.2. The molecular formula is C23H22ClN3O3S. The van der Waals surface area contributed by atoms with Gasteiger partial charge in [0.25, 0.3) is 5.91 Å². The highest BCUT2D eigenvalue weighted by Crippen LogP contribution is 2.37. The fraction of sp³-hybridized carbons (Fsp3) is 0.261. The SMILES string of the molecule is COc1ccc(C(=O)Nc2nc3c(s2)CCCC3C(=O)NCc2ccccc2Cl)cc1. The third-order valence-corrected chi connectivity index (χ3v) is 6.67. The normalized spacial score (nSPS) is 15.1. The Kier molecular flexibility index (Phi) is 6.53. The lowest BCUT2D eigenvalue weighted by Crippen LogP contribution is -2.31. The van der Waals surface area contributed by atoms with Gasteiger partial charge in [0.2, 0.25) is 5.91 Å². The van der Waals surface area contributed by atoms with Crippen LogP contribution in [0.15, 0.2) is 48.5 Å². The van der Waals surface area contributed by atoms with E-state index >= 15 is 0 Å². The average molecular weight is 456 g/mol. The molecule has 0 saturated heterocycles. The number of hydrogen-bond donors (Lipinski definition) is 2. The summed E-state index contributed by atoms with van der Waals surface area (Å²) in [7, 11) is 1.58. The van der Waals surface area contributed by atoms with Gasteiger partial charge in [0.05, 0.1) is 18.7 Å². The van der Waals surface area contributed by atoms with E-state index in [0.717, 1.165) is 35.4 Å². The van der Waals surface area contributed by atoms with E-state index in [2.05, 4.69) is 15.6 Å². The Bertz CT molecular complexity index is 1100. The van der Waals surface area contributed by atoms with E-state index in [0.29, 0.717) is 28.0 Å². The van der Waals surface area contributed by atoms with Crippen molar-refractivity contribution in [2.24, 2.45) is 0 Å². The Morgan fingerprint density at radius 2 is 1.97 bits per heavy atom. The van der Waals surface area contributed by atoms with Crippen LogP contribution >= 0.6 is 22.9 Å². The molecule has 2 aromatic carbocycles. The van der Waals surface area contributed by atoms with E-state index < -0.39 is 0 Å². The van der Waals surface area contributed by atoms with Crippen LogP contribution in [0.4, 0.5) is 5.13 Å². The van der Waals surface area contributed by atoms with E-state index in [1.807, 2.05) is 18.2 Å². The Morgan fingerprint density at radius 3 is 2.71 bits per heavy atom. The molecule has 0 spiro atoms. The van der Waals surface area contributed by atoms with Crippen LogP contribution in [0.3, 0.4) is 0 Å². The molecule has 1 aliphatic rings. The second-order valence-electron chi connectivity index (χ2n) is 7.26. The second kappa shape index (κ2) is 9.49. The third kappa shape index (κ3) is 4.89. The Balaban J connectivity index is 1.44. The Labute approximate surface area is 189 Å². The Morgan fingerprint density at radius 1 is 1.19 bits per heavy atom. The monoisotopic (exact) mass is 455 g/mol. The van der Waals surface area contributed by atoms with Gasteiger partial charge in [0.1, 0.15) is 5.75 Å². The molecule has 0 fully saturated rings. The van der Waals surface area contributed by atoms with E-state index in [9.17, 15) is 9.59 Å². The number of nitrogens with one attached hydrogen (secondary N) is 2. The summed E-state index contributed by atoms with van der Waals surface area (Å²) in [5, 5.41) is 6.98. The number of benzene rings is 2. The number of halogens is 1. The highest BCUT2D eigenvalue weighted by atomic mass is 35.5. The number of ether oxygens (including phenoxy) is 1. The van der Waals surface area contributed by atoms with Crippen LogP contribution in [-0.2, 0) is 17.8 Å². The molecule has 1 aliphatic carbocycles. The average Bonchev–Trinajstić information content (AvgIpc) is 3.20. The molecule has 3 aromatic rings. The van der Waals surface area contributed by atoms with Crippen LogP contribution in [0, 0.1) is 0 Å². The number of thiazole rings is 1. The highest BCUT2D eigenvalue weighted by molar-refractivity contribution is 7.16. The molecule has 0 radical (unpaired) electrons. The summed E-state index contributed by atoms with van der Waals surface area (Å²) in [5.41, 5.74) is 2.15. The fourth-order valence-corrected chi connectivity index (χ4v) is 4.85. The summed E-state index contributed by atoms with van der Waals surface area (Å²) in [6.45, 7) is 0.371. The first-order chi connectivity index (χ1) is 15.0. The number of aromatic nitrogens is 1. The van der Waals surface area contributed by atoms with Gasteiger partial charge in [-0.25, -0.2) is 4.98 Å². The van der Waals surface area contributed by atoms with Crippen LogP contribution < -0.4 is 15.4 Å². The molecule has 0 bridgehead atoms. The molecular weight excluding hydrogens is 434 g/mol. The molecule has 8 heteroatoms. The predicted molar refractivity (Wildman–Crippen MR) is 122 cm³/mol. The third-order valence-electron chi connectivity index (χ3n) is 5.25. The molecule has 1 heterocycles. The topological polar surface area (TPSA) is 80.3 Å². The molecule has 1 aromatic heterocycles. The first-order valence-electron chi connectivity index (χ1n) is 10.0. The maximum atomic E-state index is 12.9. The summed E-state index contributed by atoms with van der Waals surface area (Å²) in [6.07, 6.45) is 2.50. The van der Waals surface area contributed by atoms with Gasteiger partial charge in [-0.15, -0.1) is 11.3 Å². The lowest BCUT2D eigenvalue weighted by molar-refractivity contribution is -0.123. The summed E-state index contributed by atoms with van der Waals surface area (Å²) in [4.78, 5) is 31.1. The number of fused-ring (bicyclic) bond motifs is 1. The molecule has 160 valence electrons. The van der Waals surface area contributed by atoms with Gasteiger partial charge < -0.3 is 10.1 Å². The molecule has 0 saturated carbocycles. The summed E-state index contributed by atoms with van der Waals surface area (Å²) in [5.74, 6) is 0.0497. The number of aryl methyl sites for hydroxylation is 1. The standard InChI is InChI=1S/C23H22ClN3O3S/c1-30-16-11-9-14(10-12-16)21(28)27-23-26-20-17(6-4-8-19(20)31-23)22(29)25-13-15-5-2-3-7-18(15)24/h2-3,5,7,9-12,17H,4,6,8,13H2,1H3,(H,25,29)(H,26,27,28). The lowest BCUT2D eigenvalue weighted by Gasteiger charge is -2.20. The van der Waals surface area contributed by atoms with Crippen molar-refractivity contribution in [3.63, 3.8) is 0 Å². The minimum absolute atomic E-state index is 0.0702. The van der Waals surface area contributed by atoms with Gasteiger partial charge in [-0.1, -0.05) is 29.8 Å². The van der Waals surface area contributed by atoms with E-state index in [1.54, 1.807) is 37.4 Å². The summed E-state index contributed by atoms with van der Waals surface area (Å²) < 4.78 is 5.12. The maximum Gasteiger partial charge on any atom is 0.257 e. The lowest BCUT2D eigenvalue weighted by atomic mass is 9.90. The van der Waals surface area contributed by atoms with E-state index in [1.165, 1.54) is 11.3 Å². The van der Waals surface area contributed by atoms with Gasteiger partial charge in [-0.2, -0.15) is 0 Å². The van der Waals surface area contributed by atoms with Crippen molar-refractivity contribution in [2.45, 2.75) is 31.7 Å². The minimum atomic E-state index is -0.325. The number of carbonyl (C=O) groups excluding carboxylic acids is 2. The van der Waals surface area contributed by atoms with Crippen LogP contribution in [0.1, 0.15) is 45.3 Å². The van der Waals surface area contributed by atoms with Crippen LogP contribution in [0.5, 0.6) is 5.75 Å². The number of anilines is 1. The number of nitrogens with zero attached hydrogens (tertiary/aromatic N) is 1. The molecule has 2 N–H and O–H groups in total. The van der Waals surface area contributed by atoms with Crippen molar-refractivity contribution >= 4 is 39.9 Å². The Hall–Kier alpha value is -2.90. The minimum Gasteiger partial charge on any atom is -0.497 e. The van der Waals surface area contributed by atoms with E-state index in [4.69, 9.17) is 16.3 Å². The molecule has 1 unspecified atom stereocenters. The van der Waals surface area contributed by atoms with Gasteiger partial charge in [-0.3, -0.25) is 14.9 Å². The van der Waals surface area contributed by atoms with Crippen molar-refractivity contribution < 1.29 is 14.3 Å². The molecule has 6 nitrogen and oxygen atoms in total. The number of carbonyl (C=O) groups is 2. The first kappa shape index (κ1) is 21.3. The quantitative estimate of drug-likeness (QED) is 0.559. The van der Waals surface area contributed by atoms with Crippen molar-refractivity contribution in [3.05, 3.63) is 75.3 Å². The molecule has 2 amide bonds. The zero-order valence-corrected chi connectivity index (χ0v) is 18.6. The molecule has 1 atom stereocenters. The van der Waals surface area contributed by atoms with Crippen molar-refractivity contribution in [1.82, 2.24) is 10.3 Å². The predicted octanol–water partition coefficient (Wildman–Crippen LogP) is 4.79. The number of methoxy groups -OCH3 is 1. The summed E-state index contributed by atoms with van der Waals surface area (Å²) >= 11 is 7.62. The highest BCUT2D eigenvalue weighted by Gasteiger charge is 2.30. The van der Waals surface area contributed by atoms with Crippen LogP contribution in [0.2, 0.25) is 5.02 Å². The van der Waals surface area contributed by atoms with Gasteiger partial charge in [-0.05, 0) is 55.2 Å². The summed E-state index contributed by atoms with van der Waals surface area (Å²) in [6, 6.07) is 14.3. The van der Waals surface area contributed by atoms with Gasteiger partial charge in [0.15, 0.2) is 5.13 Å². The van der Waals surface area contributed by atoms with Crippen molar-refractivity contribution in [1.29, 1.82) is 0 Å². The largest absolute Gasteiger partial charge is 0.497 e. The van der Waals surface area contributed by atoms with Crippen LogP contribution in [0.25, 0.3) is 0 Å². The number of amides is 2. The molecule has 0 aliphatic heterocycles. The number of hydrogen-bond acceptors (Lipinski definition) is 5. The zero-order valence-electron chi connectivity index (χ0n) is 17.0. The molecule has 31 heavy (non-hydrogen) atoms. The van der Waals surface area contributed by atoms with Gasteiger partial charge >= 0.3 is 0 Å². The maximum absolute atomic E-state index is 12.9. The smallest absolute Gasteiger partial charge is 0.257 e. The van der Waals surface area contributed by atoms with E-state index in [-0.39, 0.29) is 17.7 Å². The van der Waals surface area contributed by atoms with Gasteiger partial charge in [0, 0.05) is 22.0 Å².